The number of halogens is 1. The fourth-order valence-electron chi connectivity index (χ4n) is 3.98. The third-order valence-corrected chi connectivity index (χ3v) is 5.64. The molecule has 10 heteroatoms. The van der Waals surface area contributed by atoms with Gasteiger partial charge in [0.2, 0.25) is 0 Å². The third-order valence-electron chi connectivity index (χ3n) is 5.64. The number of aliphatic carboxylic acids is 1. The van der Waals surface area contributed by atoms with Crippen molar-refractivity contribution >= 4 is 17.9 Å². The molecule has 2 heterocycles. The van der Waals surface area contributed by atoms with Crippen LogP contribution in [-0.4, -0.2) is 84.8 Å². The average Bonchev–Trinajstić information content (AvgIpc) is 2.77. The van der Waals surface area contributed by atoms with Crippen molar-refractivity contribution in [2.24, 2.45) is 0 Å². The first kappa shape index (κ1) is 28.8. The second-order valence-electron chi connectivity index (χ2n) is 9.98. The summed E-state index contributed by atoms with van der Waals surface area (Å²) in [6, 6.07) is 3.08. The van der Waals surface area contributed by atoms with Crippen molar-refractivity contribution < 1.29 is 28.6 Å². The predicted octanol–water partition coefficient (Wildman–Crippen LogP) is 3.42. The van der Waals surface area contributed by atoms with Gasteiger partial charge < -0.3 is 30.1 Å². The molecule has 1 amide bonds. The van der Waals surface area contributed by atoms with Gasteiger partial charge in [-0.05, 0) is 77.5 Å². The topological polar surface area (TPSA) is 113 Å². The summed E-state index contributed by atoms with van der Waals surface area (Å²) in [5.74, 6) is -0.177. The first-order chi connectivity index (χ1) is 16.6. The highest BCUT2D eigenvalue weighted by molar-refractivity contribution is 5.80. The number of hydrogen-bond acceptors (Lipinski definition) is 7. The molecule has 0 aliphatic carbocycles. The molecule has 0 saturated heterocycles. The maximum absolute atomic E-state index is 14.3. The lowest BCUT2D eigenvalue weighted by atomic mass is 10.1. The van der Waals surface area contributed by atoms with Crippen LogP contribution in [0.3, 0.4) is 0 Å². The molecule has 0 saturated carbocycles. The van der Waals surface area contributed by atoms with Gasteiger partial charge in [-0.15, -0.1) is 0 Å². The van der Waals surface area contributed by atoms with Crippen molar-refractivity contribution in [1.82, 2.24) is 15.2 Å². The van der Waals surface area contributed by atoms with Gasteiger partial charge in [-0.1, -0.05) is 6.07 Å². The molecule has 35 heavy (non-hydrogen) atoms. The van der Waals surface area contributed by atoms with E-state index in [4.69, 9.17) is 14.5 Å². The highest BCUT2D eigenvalue weighted by Crippen LogP contribution is 2.20. The number of unbranched alkanes of at least 4 members (excludes halogenated alkanes) is 1. The molecule has 1 aromatic rings. The van der Waals surface area contributed by atoms with Crippen molar-refractivity contribution in [1.29, 1.82) is 0 Å². The Balaban J connectivity index is 1.87. The quantitative estimate of drug-likeness (QED) is 0.336. The van der Waals surface area contributed by atoms with Gasteiger partial charge in [0, 0.05) is 32.4 Å². The number of aryl methyl sites for hydroxylation is 2. The van der Waals surface area contributed by atoms with E-state index in [0.717, 1.165) is 50.2 Å². The van der Waals surface area contributed by atoms with Crippen LogP contribution in [-0.2, 0) is 27.1 Å². The molecule has 198 valence electrons. The Kier molecular flexibility index (Phi) is 11.7. The molecule has 0 aromatic carbocycles. The van der Waals surface area contributed by atoms with Gasteiger partial charge in [0.1, 0.15) is 23.6 Å². The van der Waals surface area contributed by atoms with E-state index in [1.165, 1.54) is 12.7 Å². The van der Waals surface area contributed by atoms with Crippen LogP contribution in [0.15, 0.2) is 12.1 Å². The summed E-state index contributed by atoms with van der Waals surface area (Å²) in [6.45, 7) is 7.09. The summed E-state index contributed by atoms with van der Waals surface area (Å²) in [5.41, 5.74) is 1.55. The fourth-order valence-corrected chi connectivity index (χ4v) is 3.98. The zero-order valence-electron chi connectivity index (χ0n) is 21.4. The molecule has 0 fully saturated rings. The van der Waals surface area contributed by atoms with Crippen molar-refractivity contribution in [3.63, 3.8) is 0 Å². The summed E-state index contributed by atoms with van der Waals surface area (Å²) in [7, 11) is 1.45. The number of alkyl halides is 1. The van der Waals surface area contributed by atoms with Crippen LogP contribution in [0.1, 0.15) is 57.7 Å². The van der Waals surface area contributed by atoms with Gasteiger partial charge in [0.15, 0.2) is 0 Å². The van der Waals surface area contributed by atoms with Crippen molar-refractivity contribution in [3.8, 4) is 0 Å². The van der Waals surface area contributed by atoms with Crippen LogP contribution in [0.4, 0.5) is 15.0 Å². The summed E-state index contributed by atoms with van der Waals surface area (Å²) in [4.78, 5) is 30.3. The number of anilines is 1. The Morgan fingerprint density at radius 1 is 1.29 bits per heavy atom. The number of methoxy groups -OCH3 is 1. The van der Waals surface area contributed by atoms with E-state index in [1.54, 1.807) is 20.8 Å². The summed E-state index contributed by atoms with van der Waals surface area (Å²) >= 11 is 0. The Labute approximate surface area is 207 Å². The van der Waals surface area contributed by atoms with Crippen molar-refractivity contribution in [3.05, 3.63) is 23.4 Å². The number of amides is 1. The number of aromatic nitrogens is 1. The number of carboxylic acids is 1. The lowest BCUT2D eigenvalue weighted by Gasteiger charge is -2.26. The highest BCUT2D eigenvalue weighted by atomic mass is 19.1. The molecule has 3 N–H and O–H groups in total. The van der Waals surface area contributed by atoms with Gasteiger partial charge in [0.25, 0.3) is 0 Å². The number of carbonyl (C=O) groups is 2. The number of rotatable bonds is 14. The number of ether oxygens (including phenoxy) is 2. The van der Waals surface area contributed by atoms with Gasteiger partial charge in [-0.3, -0.25) is 0 Å². The average molecular weight is 497 g/mol. The molecule has 1 aromatic heterocycles. The first-order valence-corrected chi connectivity index (χ1v) is 12.4. The van der Waals surface area contributed by atoms with E-state index in [1.807, 2.05) is 4.90 Å². The Bertz CT molecular complexity index is 818. The summed E-state index contributed by atoms with van der Waals surface area (Å²) in [5, 5.41) is 15.3. The number of carboxylic acid groups (broad SMARTS) is 1. The normalized spacial score (nSPS) is 15.1. The van der Waals surface area contributed by atoms with Gasteiger partial charge in [0.05, 0.1) is 6.61 Å². The monoisotopic (exact) mass is 496 g/mol. The second-order valence-corrected chi connectivity index (χ2v) is 9.98. The molecule has 1 aliphatic rings. The van der Waals surface area contributed by atoms with Gasteiger partial charge in [-0.25, -0.2) is 19.0 Å². The number of alkyl carbamates (subject to hydrolysis) is 1. The zero-order chi connectivity index (χ0) is 25.8. The minimum absolute atomic E-state index is 0.0267. The highest BCUT2D eigenvalue weighted by Gasteiger charge is 2.25. The van der Waals surface area contributed by atoms with Crippen LogP contribution in [0.25, 0.3) is 0 Å². The molecule has 1 unspecified atom stereocenters. The van der Waals surface area contributed by atoms with Crippen LogP contribution < -0.4 is 10.6 Å². The van der Waals surface area contributed by atoms with E-state index in [9.17, 15) is 19.1 Å². The number of nitrogens with one attached hydrogen (secondary N) is 2. The molecular weight excluding hydrogens is 455 g/mol. The van der Waals surface area contributed by atoms with E-state index < -0.39 is 29.9 Å². The van der Waals surface area contributed by atoms with Crippen molar-refractivity contribution in [2.75, 3.05) is 45.2 Å². The van der Waals surface area contributed by atoms with E-state index >= 15 is 0 Å². The van der Waals surface area contributed by atoms with E-state index in [2.05, 4.69) is 22.8 Å². The molecule has 0 spiro atoms. The molecular formula is C25H41FN4O5. The summed E-state index contributed by atoms with van der Waals surface area (Å²) < 4.78 is 24.4. The van der Waals surface area contributed by atoms with E-state index in [-0.39, 0.29) is 19.6 Å². The number of hydrogen-bond donors (Lipinski definition) is 3. The van der Waals surface area contributed by atoms with Gasteiger partial charge >= 0.3 is 12.1 Å². The SMILES string of the molecule is COCC(F)CN(CCCCc1ccc2c(n1)NCCC2)CC[C@H](NC(=O)OC(C)(C)C)C(=O)O. The molecule has 2 atom stereocenters. The fraction of sp³-hybridized carbons (Fsp3) is 0.720. The Hall–Kier alpha value is -2.46. The standard InChI is InChI=1S/C25H41FN4O5/c1-25(2,3)35-24(33)29-21(23(31)32)12-15-30(16-19(26)17-34-4)14-6-5-9-20-11-10-18-8-7-13-27-22(18)28-20/h10-11,19,21H,5-9,12-17H2,1-4H3,(H,27,28)(H,29,33)(H,31,32)/t19?,21-/m0/s1. The maximum atomic E-state index is 14.3. The van der Waals surface area contributed by atoms with E-state index in [0.29, 0.717) is 13.1 Å². The Morgan fingerprint density at radius 3 is 2.74 bits per heavy atom. The lowest BCUT2D eigenvalue weighted by molar-refractivity contribution is -0.139. The summed E-state index contributed by atoms with van der Waals surface area (Å²) in [6.07, 6.45) is 2.84. The molecule has 2 rings (SSSR count). The van der Waals surface area contributed by atoms with Crippen LogP contribution in [0.2, 0.25) is 0 Å². The molecule has 1 aliphatic heterocycles. The zero-order valence-corrected chi connectivity index (χ0v) is 21.4. The minimum atomic E-state index is -1.18. The predicted molar refractivity (Wildman–Crippen MR) is 133 cm³/mol. The molecule has 0 radical (unpaired) electrons. The largest absolute Gasteiger partial charge is 0.480 e. The minimum Gasteiger partial charge on any atom is -0.480 e. The first-order valence-electron chi connectivity index (χ1n) is 12.4. The third kappa shape index (κ3) is 11.2. The number of fused-ring (bicyclic) bond motifs is 1. The second kappa shape index (κ2) is 14.2. The van der Waals surface area contributed by atoms with Crippen LogP contribution in [0, 0.1) is 0 Å². The Morgan fingerprint density at radius 2 is 2.06 bits per heavy atom. The maximum Gasteiger partial charge on any atom is 0.408 e. The number of pyridine rings is 1. The van der Waals surface area contributed by atoms with Gasteiger partial charge in [-0.2, -0.15) is 0 Å². The van der Waals surface area contributed by atoms with Crippen LogP contribution >= 0.6 is 0 Å². The van der Waals surface area contributed by atoms with Crippen LogP contribution in [0.5, 0.6) is 0 Å². The lowest BCUT2D eigenvalue weighted by Crippen LogP contribution is -2.45. The number of nitrogens with zero attached hydrogens (tertiary/aromatic N) is 2. The van der Waals surface area contributed by atoms with Crippen molar-refractivity contribution in [2.45, 2.75) is 77.1 Å². The number of carbonyl (C=O) groups excluding carboxylic acids is 1. The smallest absolute Gasteiger partial charge is 0.408 e. The molecule has 0 bridgehead atoms. The molecule has 9 nitrogen and oxygen atoms in total.